The Bertz CT molecular complexity index is 719. The molecule has 3 aromatic rings. The summed E-state index contributed by atoms with van der Waals surface area (Å²) in [5.41, 5.74) is 5.95. The summed E-state index contributed by atoms with van der Waals surface area (Å²) in [5, 5.41) is 2.66. The minimum absolute atomic E-state index is 0. The summed E-state index contributed by atoms with van der Waals surface area (Å²) in [6.45, 7) is 13.3. The molecule has 0 heterocycles. The normalized spacial score (nSPS) is 9.08. The molecule has 0 aromatic heterocycles. The van der Waals surface area contributed by atoms with Crippen LogP contribution in [-0.4, -0.2) is 5.43 Å². The molecule has 4 heteroatoms. The van der Waals surface area contributed by atoms with E-state index in [4.69, 9.17) is 0 Å². The van der Waals surface area contributed by atoms with Crippen LogP contribution in [0.1, 0.15) is 35.6 Å². The van der Waals surface area contributed by atoms with Crippen LogP contribution in [0.2, 0.25) is 12.6 Å². The maximum atomic E-state index is 2.40. The largest absolute Gasteiger partial charge is 1.00 e. The van der Waals surface area contributed by atoms with Gasteiger partial charge in [-0.15, -0.1) is 29.7 Å². The standard InChI is InChI=1S/C9H7.C9H13.C4H10Si.2ClH.Zr/c1-2-5-9-7-3-6-8(9)4-1;1-6-5-7(2)9(4)8(6)3;1-3-4-5-2;;;/h1-7H;5H,1-4H3;3-4H2,1-2H3;2*1H;/q2*-1;;;;+2/p-2. The van der Waals surface area contributed by atoms with Crippen LogP contribution in [0, 0.1) is 27.7 Å². The van der Waals surface area contributed by atoms with E-state index < -0.39 is 0 Å². The predicted octanol–water partition coefficient (Wildman–Crippen LogP) is 0.770. The summed E-state index contributed by atoms with van der Waals surface area (Å²) in [6, 6.07) is 18.4. The van der Waals surface area contributed by atoms with Crippen LogP contribution < -0.4 is 24.8 Å². The van der Waals surface area contributed by atoms with Crippen molar-refractivity contribution in [1.82, 2.24) is 0 Å². The zero-order chi connectivity index (χ0) is 18.1. The molecule has 3 rings (SSSR count). The Labute approximate surface area is 187 Å². The second kappa shape index (κ2) is 14.9. The zero-order valence-corrected chi connectivity index (χ0v) is 21.8. The van der Waals surface area contributed by atoms with Crippen molar-refractivity contribution in [3.8, 4) is 0 Å². The van der Waals surface area contributed by atoms with Gasteiger partial charge in [0.15, 0.2) is 0 Å². The van der Waals surface area contributed by atoms with Gasteiger partial charge >= 0.3 is 54.7 Å². The molecule has 0 aliphatic rings. The average molecular weight is 485 g/mol. The van der Waals surface area contributed by atoms with Crippen molar-refractivity contribution < 1.29 is 48.1 Å². The molecule has 0 saturated carbocycles. The molecule has 0 nitrogen and oxygen atoms in total. The van der Waals surface area contributed by atoms with E-state index in [0.717, 1.165) is 0 Å². The van der Waals surface area contributed by atoms with Gasteiger partial charge in [-0.25, -0.2) is 0 Å². The van der Waals surface area contributed by atoms with Crippen molar-refractivity contribution in [1.29, 1.82) is 0 Å². The maximum Gasteiger partial charge on any atom is -0.0630 e. The number of rotatable bonds is 2. The molecule has 142 valence electrons. The van der Waals surface area contributed by atoms with Crippen LogP contribution in [0.4, 0.5) is 0 Å². The molecule has 0 radical (unpaired) electrons. The maximum absolute atomic E-state index is 2.40. The monoisotopic (exact) mass is 482 g/mol. The fourth-order valence-corrected chi connectivity index (χ4v) is 5.17. The summed E-state index contributed by atoms with van der Waals surface area (Å²) in [5.74, 6) is 0. The van der Waals surface area contributed by atoms with Crippen LogP contribution in [0.15, 0.2) is 48.5 Å². The van der Waals surface area contributed by atoms with Crippen molar-refractivity contribution in [2.45, 2.75) is 53.6 Å². The molecule has 0 spiro atoms. The first-order valence-electron chi connectivity index (χ1n) is 8.71. The van der Waals surface area contributed by atoms with Crippen molar-refractivity contribution in [2.75, 3.05) is 0 Å². The van der Waals surface area contributed by atoms with E-state index in [-0.39, 0.29) is 30.2 Å². The number of halogens is 2. The van der Waals surface area contributed by atoms with E-state index >= 15 is 0 Å². The first-order chi connectivity index (χ1) is 11.4. The quantitative estimate of drug-likeness (QED) is 0.373. The number of aryl methyl sites for hydroxylation is 2. The third-order valence-corrected chi connectivity index (χ3v) is 7.44. The van der Waals surface area contributed by atoms with E-state index in [1.807, 2.05) is 0 Å². The minimum Gasteiger partial charge on any atom is -1.00 e. The summed E-state index contributed by atoms with van der Waals surface area (Å²) >= 11 is 1.79. The molecule has 0 atom stereocenters. The fourth-order valence-electron chi connectivity index (χ4n) is 2.58. The number of hydrogen-bond donors (Lipinski definition) is 0. The van der Waals surface area contributed by atoms with Crippen molar-refractivity contribution in [2.24, 2.45) is 0 Å². The summed E-state index contributed by atoms with van der Waals surface area (Å²) in [4.78, 5) is 0. The van der Waals surface area contributed by atoms with Gasteiger partial charge < -0.3 is 24.8 Å². The van der Waals surface area contributed by atoms with Gasteiger partial charge in [-0.2, -0.15) is 45.8 Å². The predicted molar refractivity (Wildman–Crippen MR) is 107 cm³/mol. The Kier molecular flexibility index (Phi) is 16.0. The molecule has 0 unspecified atom stereocenters. The van der Waals surface area contributed by atoms with Crippen molar-refractivity contribution in [3.63, 3.8) is 0 Å². The molecule has 26 heavy (non-hydrogen) atoms. The van der Waals surface area contributed by atoms with Gasteiger partial charge in [0.2, 0.25) is 0 Å². The Morgan fingerprint density at radius 2 is 1.69 bits per heavy atom. The van der Waals surface area contributed by atoms with Crippen molar-refractivity contribution >= 4 is 16.2 Å². The molecule has 0 aliphatic heterocycles. The molecule has 0 aliphatic carbocycles. The fraction of sp³-hybridized carbons (Fsp3) is 0.364. The molecule has 0 N–H and O–H groups in total. The third kappa shape index (κ3) is 9.70. The second-order valence-electron chi connectivity index (χ2n) is 6.45. The molecule has 0 saturated heterocycles. The molecule has 0 bridgehead atoms. The Morgan fingerprint density at radius 3 is 2.04 bits per heavy atom. The van der Waals surface area contributed by atoms with Gasteiger partial charge in [-0.05, 0) is 0 Å². The van der Waals surface area contributed by atoms with Gasteiger partial charge in [0, 0.05) is 0 Å². The van der Waals surface area contributed by atoms with Crippen LogP contribution >= 0.6 is 0 Å². The molecule has 3 aromatic carbocycles. The first kappa shape index (κ1) is 28.1. The van der Waals surface area contributed by atoms with Gasteiger partial charge in [0.25, 0.3) is 0 Å². The van der Waals surface area contributed by atoms with Crippen LogP contribution in [-0.2, 0) is 23.3 Å². The number of hydrogen-bond acceptors (Lipinski definition) is 0. The van der Waals surface area contributed by atoms with Crippen molar-refractivity contribution in [3.05, 3.63) is 70.8 Å². The van der Waals surface area contributed by atoms with E-state index in [1.165, 1.54) is 45.5 Å². The summed E-state index contributed by atoms with van der Waals surface area (Å²) < 4.78 is 0. The SMILES string of the molecule is CCC[Si](C)=[Zr+2].Cc1c[c-](C)c(C)c1C.[Cl-].[Cl-].c1ccc2[cH-]ccc2c1. The van der Waals surface area contributed by atoms with Gasteiger partial charge in [0.1, 0.15) is 0 Å². The summed E-state index contributed by atoms with van der Waals surface area (Å²) in [6.07, 6.45) is 1.40. The smallest absolute Gasteiger partial charge is 0.0630 e. The zero-order valence-electron chi connectivity index (χ0n) is 16.8. The van der Waals surface area contributed by atoms with Gasteiger partial charge in [-0.1, -0.05) is 33.8 Å². The van der Waals surface area contributed by atoms with E-state index in [0.29, 0.717) is 0 Å². The van der Waals surface area contributed by atoms with E-state index in [9.17, 15) is 0 Å². The number of benzene rings is 1. The van der Waals surface area contributed by atoms with Gasteiger partial charge in [0.05, 0.1) is 0 Å². The molecular formula is C22H30Cl2SiZr-2. The topological polar surface area (TPSA) is 0 Å². The number of fused-ring (bicyclic) bond motifs is 1. The molecular weight excluding hydrogens is 454 g/mol. The van der Waals surface area contributed by atoms with Crippen LogP contribution in [0.5, 0.6) is 0 Å². The average Bonchev–Trinajstić information content (AvgIpc) is 3.10. The first-order valence-corrected chi connectivity index (χ1v) is 14.6. The molecule has 0 amide bonds. The summed E-state index contributed by atoms with van der Waals surface area (Å²) in [7, 11) is 0. The minimum atomic E-state index is 0. The second-order valence-corrected chi connectivity index (χ2v) is 14.8. The van der Waals surface area contributed by atoms with Crippen LogP contribution in [0.3, 0.4) is 0 Å². The Hall–Kier alpha value is -0.140. The van der Waals surface area contributed by atoms with E-state index in [2.05, 4.69) is 89.7 Å². The van der Waals surface area contributed by atoms with E-state index in [1.54, 1.807) is 23.3 Å². The Morgan fingerprint density at radius 1 is 1.08 bits per heavy atom. The van der Waals surface area contributed by atoms with Gasteiger partial charge in [-0.3, -0.25) is 0 Å². The third-order valence-electron chi connectivity index (χ3n) is 4.35. The van der Waals surface area contributed by atoms with Crippen LogP contribution in [0.25, 0.3) is 10.8 Å². The molecule has 0 fully saturated rings. The Balaban J connectivity index is 0.